The van der Waals surface area contributed by atoms with Gasteiger partial charge in [-0.15, -0.1) is 0 Å². The third-order valence-corrected chi connectivity index (χ3v) is 5.07. The van der Waals surface area contributed by atoms with E-state index in [9.17, 15) is 18.8 Å². The number of benzene rings is 3. The largest absolute Gasteiger partial charge is 0.368 e. The van der Waals surface area contributed by atoms with Crippen molar-refractivity contribution in [2.24, 2.45) is 5.73 Å². The van der Waals surface area contributed by atoms with Crippen LogP contribution in [0.3, 0.4) is 0 Å². The summed E-state index contributed by atoms with van der Waals surface area (Å²) < 4.78 is 13.6. The number of amides is 3. The lowest BCUT2D eigenvalue weighted by Crippen LogP contribution is -2.39. The Morgan fingerprint density at radius 1 is 1.00 bits per heavy atom. The maximum Gasteiger partial charge on any atom is 0.257 e. The third kappa shape index (κ3) is 6.38. The zero-order valence-corrected chi connectivity index (χ0v) is 18.5. The molecule has 3 aromatic rings. The van der Waals surface area contributed by atoms with Crippen molar-refractivity contribution in [1.82, 2.24) is 4.90 Å². The van der Waals surface area contributed by atoms with Crippen LogP contribution < -0.4 is 16.4 Å². The smallest absolute Gasteiger partial charge is 0.257 e. The van der Waals surface area contributed by atoms with Crippen LogP contribution in [0.15, 0.2) is 72.8 Å². The Morgan fingerprint density at radius 2 is 1.70 bits per heavy atom. The Bertz CT molecular complexity index is 1170. The van der Waals surface area contributed by atoms with E-state index in [0.29, 0.717) is 22.0 Å². The predicted molar refractivity (Wildman–Crippen MR) is 125 cm³/mol. The van der Waals surface area contributed by atoms with Crippen molar-refractivity contribution in [2.45, 2.75) is 6.04 Å². The molecule has 9 heteroatoms. The molecule has 3 aromatic carbocycles. The van der Waals surface area contributed by atoms with Gasteiger partial charge in [-0.25, -0.2) is 4.39 Å². The van der Waals surface area contributed by atoms with Gasteiger partial charge in [-0.3, -0.25) is 19.3 Å². The molecule has 33 heavy (non-hydrogen) atoms. The lowest BCUT2D eigenvalue weighted by Gasteiger charge is -2.25. The summed E-state index contributed by atoms with van der Waals surface area (Å²) in [5.41, 5.74) is 6.92. The van der Waals surface area contributed by atoms with Gasteiger partial charge < -0.3 is 16.4 Å². The third-order valence-electron chi connectivity index (χ3n) is 4.82. The van der Waals surface area contributed by atoms with E-state index >= 15 is 0 Å². The number of primary amides is 1. The van der Waals surface area contributed by atoms with Crippen molar-refractivity contribution >= 4 is 40.7 Å². The van der Waals surface area contributed by atoms with Gasteiger partial charge in [-0.2, -0.15) is 0 Å². The number of para-hydroxylation sites is 1. The quantitative estimate of drug-likeness (QED) is 0.467. The molecule has 0 aromatic heterocycles. The summed E-state index contributed by atoms with van der Waals surface area (Å²) >= 11 is 5.87. The zero-order valence-electron chi connectivity index (χ0n) is 17.7. The number of halogens is 2. The van der Waals surface area contributed by atoms with Gasteiger partial charge in [0.05, 0.1) is 17.8 Å². The van der Waals surface area contributed by atoms with Crippen molar-refractivity contribution in [3.8, 4) is 0 Å². The van der Waals surface area contributed by atoms with Crippen LogP contribution in [0.2, 0.25) is 5.02 Å². The van der Waals surface area contributed by atoms with E-state index in [1.165, 1.54) is 30.1 Å². The number of anilines is 2. The molecule has 0 saturated heterocycles. The highest BCUT2D eigenvalue weighted by Gasteiger charge is 2.25. The second-order valence-corrected chi connectivity index (χ2v) is 7.77. The van der Waals surface area contributed by atoms with Gasteiger partial charge in [-0.05, 0) is 61.1 Å². The van der Waals surface area contributed by atoms with Crippen LogP contribution in [0.25, 0.3) is 0 Å². The molecular weight excluding hydrogens is 447 g/mol. The number of nitrogens with one attached hydrogen (secondary N) is 2. The van der Waals surface area contributed by atoms with Crippen molar-refractivity contribution in [1.29, 1.82) is 0 Å². The average molecular weight is 469 g/mol. The molecule has 0 aliphatic carbocycles. The summed E-state index contributed by atoms with van der Waals surface area (Å²) in [5, 5.41) is 5.97. The van der Waals surface area contributed by atoms with E-state index in [1.54, 1.807) is 54.6 Å². The highest BCUT2D eigenvalue weighted by atomic mass is 35.5. The van der Waals surface area contributed by atoms with Crippen LogP contribution in [0.4, 0.5) is 15.8 Å². The molecule has 0 fully saturated rings. The monoisotopic (exact) mass is 468 g/mol. The molecule has 0 bridgehead atoms. The number of rotatable bonds is 8. The highest BCUT2D eigenvalue weighted by molar-refractivity contribution is 6.30. The summed E-state index contributed by atoms with van der Waals surface area (Å²) in [6.07, 6.45) is 0. The number of nitrogens with two attached hydrogens (primary N) is 1. The number of hydrogen-bond donors (Lipinski definition) is 3. The van der Waals surface area contributed by atoms with Crippen LogP contribution in [-0.4, -0.2) is 36.2 Å². The molecular formula is C24H22ClFN4O3. The molecule has 1 unspecified atom stereocenters. The summed E-state index contributed by atoms with van der Waals surface area (Å²) in [6, 6.07) is 17.6. The standard InChI is InChI=1S/C24H22ClFN4O3/c1-30(22(23(27)32)15-5-4-6-17(26)13-15)14-21(31)29-20-8-3-2-7-19(20)24(33)28-18-11-9-16(25)10-12-18/h2-13,22H,14H2,1H3,(H2,27,32)(H,28,33)(H,29,31). The lowest BCUT2D eigenvalue weighted by molar-refractivity contribution is -0.124. The molecule has 0 spiro atoms. The van der Waals surface area contributed by atoms with Crippen LogP contribution in [0, 0.1) is 5.82 Å². The Morgan fingerprint density at radius 3 is 2.36 bits per heavy atom. The number of likely N-dealkylation sites (N-methyl/N-ethyl adjacent to an activating group) is 1. The second kappa shape index (κ2) is 10.7. The van der Waals surface area contributed by atoms with Crippen molar-refractivity contribution in [3.63, 3.8) is 0 Å². The molecule has 0 saturated carbocycles. The van der Waals surface area contributed by atoms with Crippen LogP contribution in [0.1, 0.15) is 22.0 Å². The molecule has 170 valence electrons. The first kappa shape index (κ1) is 23.9. The molecule has 0 heterocycles. The Labute approximate surface area is 195 Å². The van der Waals surface area contributed by atoms with Gasteiger partial charge in [0.1, 0.15) is 11.9 Å². The van der Waals surface area contributed by atoms with Gasteiger partial charge in [0.15, 0.2) is 0 Å². The van der Waals surface area contributed by atoms with E-state index < -0.39 is 29.6 Å². The average Bonchev–Trinajstić information content (AvgIpc) is 2.75. The fourth-order valence-electron chi connectivity index (χ4n) is 3.34. The normalized spacial score (nSPS) is 11.6. The van der Waals surface area contributed by atoms with E-state index in [-0.39, 0.29) is 12.1 Å². The molecule has 0 radical (unpaired) electrons. The van der Waals surface area contributed by atoms with Crippen LogP contribution in [-0.2, 0) is 9.59 Å². The topological polar surface area (TPSA) is 105 Å². The van der Waals surface area contributed by atoms with Crippen LogP contribution in [0.5, 0.6) is 0 Å². The molecule has 0 aliphatic rings. The molecule has 0 aliphatic heterocycles. The van der Waals surface area contributed by atoms with Crippen molar-refractivity contribution < 1.29 is 18.8 Å². The van der Waals surface area contributed by atoms with Crippen LogP contribution >= 0.6 is 11.6 Å². The molecule has 4 N–H and O–H groups in total. The number of nitrogens with zero attached hydrogens (tertiary/aromatic N) is 1. The van der Waals surface area contributed by atoms with E-state index in [4.69, 9.17) is 17.3 Å². The second-order valence-electron chi connectivity index (χ2n) is 7.33. The minimum absolute atomic E-state index is 0.225. The number of carbonyl (C=O) groups is 3. The van der Waals surface area contributed by atoms with Crippen molar-refractivity contribution in [3.05, 3.63) is 94.8 Å². The fraction of sp³-hybridized carbons (Fsp3) is 0.125. The summed E-state index contributed by atoms with van der Waals surface area (Å²) in [7, 11) is 1.53. The Kier molecular flexibility index (Phi) is 7.76. The van der Waals surface area contributed by atoms with E-state index in [2.05, 4.69) is 10.6 Å². The maximum atomic E-state index is 13.6. The molecule has 1 atom stereocenters. The fourth-order valence-corrected chi connectivity index (χ4v) is 3.47. The van der Waals surface area contributed by atoms with Gasteiger partial charge >= 0.3 is 0 Å². The molecule has 7 nitrogen and oxygen atoms in total. The Balaban J connectivity index is 1.71. The van der Waals surface area contributed by atoms with E-state index in [0.717, 1.165) is 0 Å². The summed E-state index contributed by atoms with van der Waals surface area (Å²) in [4.78, 5) is 38.8. The first-order valence-electron chi connectivity index (χ1n) is 9.95. The lowest BCUT2D eigenvalue weighted by atomic mass is 10.0. The van der Waals surface area contributed by atoms with Gasteiger partial charge in [0.2, 0.25) is 11.8 Å². The Hall–Kier alpha value is -3.75. The molecule has 3 rings (SSSR count). The highest BCUT2D eigenvalue weighted by Crippen LogP contribution is 2.21. The molecule has 3 amide bonds. The number of carbonyl (C=O) groups excluding carboxylic acids is 3. The summed E-state index contributed by atoms with van der Waals surface area (Å²) in [6.45, 7) is -0.225. The first-order chi connectivity index (χ1) is 15.7. The van der Waals surface area contributed by atoms with Gasteiger partial charge in [0.25, 0.3) is 5.91 Å². The predicted octanol–water partition coefficient (Wildman–Crippen LogP) is 3.83. The van der Waals surface area contributed by atoms with Gasteiger partial charge in [0, 0.05) is 10.7 Å². The minimum Gasteiger partial charge on any atom is -0.368 e. The number of hydrogen-bond acceptors (Lipinski definition) is 4. The maximum absolute atomic E-state index is 13.6. The SMILES string of the molecule is CN(CC(=O)Nc1ccccc1C(=O)Nc1ccc(Cl)cc1)C(C(N)=O)c1cccc(F)c1. The van der Waals surface area contributed by atoms with Gasteiger partial charge in [-0.1, -0.05) is 35.9 Å². The summed E-state index contributed by atoms with van der Waals surface area (Å²) in [5.74, 6) is -2.14. The van der Waals surface area contributed by atoms with E-state index in [1.807, 2.05) is 0 Å². The minimum atomic E-state index is -1.00. The zero-order chi connectivity index (χ0) is 24.0. The first-order valence-corrected chi connectivity index (χ1v) is 10.3. The van der Waals surface area contributed by atoms with Crippen molar-refractivity contribution in [2.75, 3.05) is 24.2 Å².